The average Bonchev–Trinajstić information content (AvgIpc) is 3.50. The van der Waals surface area contributed by atoms with Crippen molar-refractivity contribution in [1.29, 1.82) is 0 Å². The number of hydrogen-bond acceptors (Lipinski definition) is 5. The molecule has 2 aromatic heterocycles. The van der Waals surface area contributed by atoms with Crippen LogP contribution in [0.5, 0.6) is 0 Å². The van der Waals surface area contributed by atoms with Gasteiger partial charge in [-0.15, -0.1) is 0 Å². The standard InChI is InChI=1S/C31H26ClN5O3/c1-17-21(3-2-4-26(17)37-16-18-5-6-19(32)13-23(18)31(37)39)24-15-34-29(30(33)38)28-27(24)22-8-7-20(14-25(22)35-28)36-9-11-40-12-10-36/h2-8,13-15,35H,9-12,16H2,1H3,(H2,33,38). The number of hydrogen-bond donors (Lipinski definition) is 2. The van der Waals surface area contributed by atoms with E-state index in [9.17, 15) is 9.59 Å². The third-order valence-corrected chi connectivity index (χ3v) is 8.22. The molecule has 1 fully saturated rings. The number of fused-ring (bicyclic) bond motifs is 4. The SMILES string of the molecule is Cc1c(-c2cnc(C(N)=O)c3[nH]c4cc(N5CCOCC5)ccc4c23)cccc1N1Cc2ccc(Cl)cc2C1=O. The van der Waals surface area contributed by atoms with Crippen LogP contribution in [0.3, 0.4) is 0 Å². The molecular weight excluding hydrogens is 526 g/mol. The highest BCUT2D eigenvalue weighted by molar-refractivity contribution is 6.31. The van der Waals surface area contributed by atoms with E-state index < -0.39 is 5.91 Å². The number of carbonyl (C=O) groups is 2. The van der Waals surface area contributed by atoms with Crippen molar-refractivity contribution >= 4 is 56.6 Å². The Hall–Kier alpha value is -4.40. The van der Waals surface area contributed by atoms with Gasteiger partial charge in [0.1, 0.15) is 0 Å². The fraction of sp³-hybridized carbons (Fsp3) is 0.194. The van der Waals surface area contributed by atoms with Crippen LogP contribution in [0.25, 0.3) is 32.9 Å². The number of halogens is 1. The molecule has 0 atom stereocenters. The summed E-state index contributed by atoms with van der Waals surface area (Å²) < 4.78 is 5.51. The number of H-pyrrole nitrogens is 1. The monoisotopic (exact) mass is 551 g/mol. The van der Waals surface area contributed by atoms with Gasteiger partial charge in [-0.3, -0.25) is 9.59 Å². The Morgan fingerprint density at radius 3 is 2.67 bits per heavy atom. The van der Waals surface area contributed by atoms with Crippen molar-refractivity contribution in [1.82, 2.24) is 9.97 Å². The normalized spacial score (nSPS) is 15.3. The average molecular weight is 552 g/mol. The maximum Gasteiger partial charge on any atom is 0.269 e. The van der Waals surface area contributed by atoms with E-state index in [1.807, 2.05) is 37.3 Å². The van der Waals surface area contributed by atoms with Gasteiger partial charge in [0.05, 0.1) is 25.3 Å². The quantitative estimate of drug-likeness (QED) is 0.309. The Balaban J connectivity index is 1.38. The Morgan fingerprint density at radius 1 is 1.05 bits per heavy atom. The molecule has 0 unspecified atom stereocenters. The zero-order chi connectivity index (χ0) is 27.5. The van der Waals surface area contributed by atoms with Crippen LogP contribution in [0.4, 0.5) is 11.4 Å². The minimum atomic E-state index is -0.596. The van der Waals surface area contributed by atoms with E-state index in [0.717, 1.165) is 63.0 Å². The molecule has 40 heavy (non-hydrogen) atoms. The van der Waals surface area contributed by atoms with E-state index in [1.165, 1.54) is 0 Å². The number of rotatable bonds is 4. The second-order valence-corrected chi connectivity index (χ2v) is 10.7. The van der Waals surface area contributed by atoms with Gasteiger partial charge in [0.25, 0.3) is 11.8 Å². The number of nitrogens with two attached hydrogens (primary N) is 1. The second-order valence-electron chi connectivity index (χ2n) is 10.2. The van der Waals surface area contributed by atoms with Crippen molar-refractivity contribution in [2.45, 2.75) is 13.5 Å². The molecule has 4 heterocycles. The number of aromatic nitrogens is 2. The Kier molecular flexibility index (Phi) is 5.76. The zero-order valence-corrected chi connectivity index (χ0v) is 22.6. The minimum absolute atomic E-state index is 0.0761. The van der Waals surface area contributed by atoms with Crippen molar-refractivity contribution in [3.8, 4) is 11.1 Å². The van der Waals surface area contributed by atoms with E-state index in [2.05, 4.69) is 33.1 Å². The predicted molar refractivity (Wildman–Crippen MR) is 157 cm³/mol. The van der Waals surface area contributed by atoms with Crippen molar-refractivity contribution in [2.75, 3.05) is 36.1 Å². The summed E-state index contributed by atoms with van der Waals surface area (Å²) in [6.07, 6.45) is 1.71. The maximum atomic E-state index is 13.4. The number of benzene rings is 3. The molecule has 9 heteroatoms. The first-order valence-corrected chi connectivity index (χ1v) is 13.6. The smallest absolute Gasteiger partial charge is 0.269 e. The molecule has 200 valence electrons. The number of anilines is 2. The molecule has 3 aromatic carbocycles. The molecule has 1 saturated heterocycles. The number of pyridine rings is 1. The topological polar surface area (TPSA) is 105 Å². The van der Waals surface area contributed by atoms with Crippen LogP contribution in [-0.2, 0) is 11.3 Å². The number of ether oxygens (including phenoxy) is 1. The molecule has 5 aromatic rings. The van der Waals surface area contributed by atoms with Crippen molar-refractivity contribution in [2.24, 2.45) is 5.73 Å². The number of amides is 2. The highest BCUT2D eigenvalue weighted by Gasteiger charge is 2.30. The first-order valence-electron chi connectivity index (χ1n) is 13.2. The summed E-state index contributed by atoms with van der Waals surface area (Å²) in [7, 11) is 0. The fourth-order valence-corrected chi connectivity index (χ4v) is 6.16. The second kappa shape index (κ2) is 9.36. The summed E-state index contributed by atoms with van der Waals surface area (Å²) in [5, 5.41) is 2.38. The predicted octanol–water partition coefficient (Wildman–Crippen LogP) is 5.44. The molecule has 3 N–H and O–H groups in total. The van der Waals surface area contributed by atoms with Gasteiger partial charge in [0.2, 0.25) is 0 Å². The summed E-state index contributed by atoms with van der Waals surface area (Å²) in [6, 6.07) is 17.6. The molecular formula is C31H26ClN5O3. The van der Waals surface area contributed by atoms with E-state index in [0.29, 0.717) is 35.9 Å². The largest absolute Gasteiger partial charge is 0.378 e. The Bertz CT molecular complexity index is 1860. The van der Waals surface area contributed by atoms with Crippen LogP contribution in [0.15, 0.2) is 60.8 Å². The van der Waals surface area contributed by atoms with Crippen LogP contribution in [0.2, 0.25) is 5.02 Å². The number of aromatic amines is 1. The number of nitrogens with one attached hydrogen (secondary N) is 1. The summed E-state index contributed by atoms with van der Waals surface area (Å²) >= 11 is 6.18. The van der Waals surface area contributed by atoms with Gasteiger partial charge in [-0.25, -0.2) is 4.98 Å². The van der Waals surface area contributed by atoms with Crippen molar-refractivity contribution < 1.29 is 14.3 Å². The van der Waals surface area contributed by atoms with Gasteiger partial charge in [-0.1, -0.05) is 35.9 Å². The number of primary amides is 1. The minimum Gasteiger partial charge on any atom is -0.378 e. The lowest BCUT2D eigenvalue weighted by molar-refractivity contribution is 0.0988. The van der Waals surface area contributed by atoms with Crippen LogP contribution in [0, 0.1) is 6.92 Å². The lowest BCUT2D eigenvalue weighted by Crippen LogP contribution is -2.36. The highest BCUT2D eigenvalue weighted by Crippen LogP contribution is 2.41. The molecule has 0 bridgehead atoms. The summed E-state index contributed by atoms with van der Waals surface area (Å²) in [5.74, 6) is -0.672. The van der Waals surface area contributed by atoms with Gasteiger partial charge >= 0.3 is 0 Å². The first kappa shape index (κ1) is 24.6. The molecule has 0 radical (unpaired) electrons. The van der Waals surface area contributed by atoms with Gasteiger partial charge in [0, 0.05) is 63.1 Å². The summed E-state index contributed by atoms with van der Waals surface area (Å²) in [6.45, 7) is 5.51. The third kappa shape index (κ3) is 3.83. The molecule has 2 aliphatic rings. The van der Waals surface area contributed by atoms with Gasteiger partial charge in [-0.2, -0.15) is 0 Å². The van der Waals surface area contributed by atoms with E-state index in [1.54, 1.807) is 17.2 Å². The molecule has 8 nitrogen and oxygen atoms in total. The van der Waals surface area contributed by atoms with E-state index >= 15 is 0 Å². The van der Waals surface area contributed by atoms with E-state index in [4.69, 9.17) is 22.1 Å². The van der Waals surface area contributed by atoms with Crippen LogP contribution >= 0.6 is 11.6 Å². The zero-order valence-electron chi connectivity index (χ0n) is 21.8. The third-order valence-electron chi connectivity index (χ3n) is 7.98. The van der Waals surface area contributed by atoms with Crippen LogP contribution in [-0.4, -0.2) is 48.1 Å². The summed E-state index contributed by atoms with van der Waals surface area (Å²) in [5.41, 5.74) is 13.6. The van der Waals surface area contributed by atoms with Crippen LogP contribution < -0.4 is 15.5 Å². The van der Waals surface area contributed by atoms with Gasteiger partial charge < -0.3 is 25.3 Å². The highest BCUT2D eigenvalue weighted by atomic mass is 35.5. The fourth-order valence-electron chi connectivity index (χ4n) is 5.99. The summed E-state index contributed by atoms with van der Waals surface area (Å²) in [4.78, 5) is 37.7. The van der Waals surface area contributed by atoms with Gasteiger partial charge in [-0.05, 0) is 53.9 Å². The molecule has 0 aliphatic carbocycles. The molecule has 2 amide bonds. The first-order chi connectivity index (χ1) is 19.4. The molecule has 0 saturated carbocycles. The van der Waals surface area contributed by atoms with Crippen LogP contribution in [0.1, 0.15) is 32.0 Å². The maximum absolute atomic E-state index is 13.4. The number of carbonyl (C=O) groups excluding carboxylic acids is 2. The van der Waals surface area contributed by atoms with Gasteiger partial charge in [0.15, 0.2) is 5.69 Å². The molecule has 0 spiro atoms. The van der Waals surface area contributed by atoms with E-state index in [-0.39, 0.29) is 11.6 Å². The molecule has 7 rings (SSSR count). The van der Waals surface area contributed by atoms with Crippen molar-refractivity contribution in [3.05, 3.63) is 88.2 Å². The lowest BCUT2D eigenvalue weighted by Gasteiger charge is -2.28. The van der Waals surface area contributed by atoms with Crippen molar-refractivity contribution in [3.63, 3.8) is 0 Å². The Labute approximate surface area is 235 Å². The lowest BCUT2D eigenvalue weighted by atomic mass is 9.95. The Morgan fingerprint density at radius 2 is 1.88 bits per heavy atom. The molecule has 2 aliphatic heterocycles. The number of nitrogens with zero attached hydrogens (tertiary/aromatic N) is 3. The number of morpholine rings is 1.